The van der Waals surface area contributed by atoms with Gasteiger partial charge in [-0.2, -0.15) is 0 Å². The highest BCUT2D eigenvalue weighted by molar-refractivity contribution is 6.30. The first-order valence-electron chi connectivity index (χ1n) is 10.1. The minimum Gasteiger partial charge on any atom is -0.351 e. The first-order chi connectivity index (χ1) is 14.5. The quantitative estimate of drug-likeness (QED) is 0.528. The highest BCUT2D eigenvalue weighted by Crippen LogP contribution is 2.26. The maximum absolute atomic E-state index is 13.3. The molecule has 1 fully saturated rings. The summed E-state index contributed by atoms with van der Waals surface area (Å²) in [6.45, 7) is 0.360. The molecule has 160 valence electrons. The van der Waals surface area contributed by atoms with E-state index in [1.165, 1.54) is 0 Å². The zero-order chi connectivity index (χ0) is 21.5. The Hall–Kier alpha value is -1.75. The lowest BCUT2D eigenvalue weighted by Gasteiger charge is -2.32. The van der Waals surface area contributed by atoms with E-state index in [4.69, 9.17) is 34.8 Å². The van der Waals surface area contributed by atoms with Gasteiger partial charge in [0, 0.05) is 22.6 Å². The van der Waals surface area contributed by atoms with Crippen LogP contribution in [0.1, 0.15) is 42.9 Å². The van der Waals surface area contributed by atoms with Gasteiger partial charge >= 0.3 is 0 Å². The van der Waals surface area contributed by atoms with E-state index in [1.54, 1.807) is 29.2 Å². The number of carbonyl (C=O) groups is 2. The average Bonchev–Trinajstić information content (AvgIpc) is 3.25. The molecule has 2 aromatic carbocycles. The Morgan fingerprint density at radius 3 is 2.10 bits per heavy atom. The molecule has 0 unspecified atom stereocenters. The summed E-state index contributed by atoms with van der Waals surface area (Å²) in [6.07, 6.45) is 4.73. The number of carbonyl (C=O) groups excluding carboxylic acids is 2. The van der Waals surface area contributed by atoms with Crippen LogP contribution in [0.3, 0.4) is 0 Å². The van der Waals surface area contributed by atoms with E-state index in [0.29, 0.717) is 28.6 Å². The van der Waals surface area contributed by atoms with Gasteiger partial charge in [0.05, 0.1) is 0 Å². The molecular weight excluding hydrogens is 443 g/mol. The van der Waals surface area contributed by atoms with Crippen molar-refractivity contribution < 1.29 is 9.59 Å². The zero-order valence-corrected chi connectivity index (χ0v) is 18.9. The van der Waals surface area contributed by atoms with Crippen molar-refractivity contribution in [1.82, 2.24) is 10.2 Å². The van der Waals surface area contributed by atoms with Gasteiger partial charge in [-0.05, 0) is 54.7 Å². The molecule has 1 N–H and O–H groups in total. The Bertz CT molecular complexity index is 850. The predicted octanol–water partition coefficient (Wildman–Crippen LogP) is 5.40. The third-order valence-corrected chi connectivity index (χ3v) is 6.17. The van der Waals surface area contributed by atoms with Gasteiger partial charge in [-0.15, -0.1) is 11.6 Å². The van der Waals surface area contributed by atoms with Crippen LogP contribution >= 0.6 is 34.8 Å². The monoisotopic (exact) mass is 466 g/mol. The van der Waals surface area contributed by atoms with Crippen LogP contribution in [0.25, 0.3) is 0 Å². The molecule has 30 heavy (non-hydrogen) atoms. The normalized spacial score (nSPS) is 15.0. The molecule has 0 aliphatic heterocycles. The molecule has 0 spiro atoms. The van der Waals surface area contributed by atoms with E-state index < -0.39 is 6.04 Å². The Labute approximate surface area is 192 Å². The van der Waals surface area contributed by atoms with E-state index in [1.807, 2.05) is 24.3 Å². The molecule has 1 aliphatic rings. The van der Waals surface area contributed by atoms with Gasteiger partial charge in [0.15, 0.2) is 0 Å². The first kappa shape index (κ1) is 22.9. The molecule has 1 aliphatic carbocycles. The van der Waals surface area contributed by atoms with Gasteiger partial charge in [0.1, 0.15) is 11.9 Å². The van der Waals surface area contributed by atoms with Crippen molar-refractivity contribution in [3.8, 4) is 0 Å². The van der Waals surface area contributed by atoms with Crippen LogP contribution in [0.4, 0.5) is 0 Å². The zero-order valence-electron chi connectivity index (χ0n) is 16.6. The van der Waals surface area contributed by atoms with Crippen molar-refractivity contribution in [2.24, 2.45) is 0 Å². The average molecular weight is 468 g/mol. The minimum absolute atomic E-state index is 0.150. The molecule has 2 aromatic rings. The van der Waals surface area contributed by atoms with Crippen LogP contribution < -0.4 is 5.32 Å². The number of amides is 2. The first-order valence-corrected chi connectivity index (χ1v) is 11.4. The molecule has 2 amide bonds. The highest BCUT2D eigenvalue weighted by Gasteiger charge is 2.32. The predicted molar refractivity (Wildman–Crippen MR) is 122 cm³/mol. The number of halogens is 3. The molecule has 0 heterocycles. The lowest BCUT2D eigenvalue weighted by Crippen LogP contribution is -2.47. The molecule has 3 rings (SSSR count). The summed E-state index contributed by atoms with van der Waals surface area (Å²) in [4.78, 5) is 27.6. The van der Waals surface area contributed by atoms with Crippen molar-refractivity contribution in [3.63, 3.8) is 0 Å². The van der Waals surface area contributed by atoms with E-state index in [0.717, 1.165) is 31.2 Å². The van der Waals surface area contributed by atoms with E-state index >= 15 is 0 Å². The van der Waals surface area contributed by atoms with Crippen LogP contribution in [0.2, 0.25) is 10.0 Å². The summed E-state index contributed by atoms with van der Waals surface area (Å²) in [5, 5.41) is 4.36. The van der Waals surface area contributed by atoms with Crippen LogP contribution in [0.15, 0.2) is 48.5 Å². The SMILES string of the molecule is O=C(NC1CCCC1)[C@@H](c1ccc(Cl)cc1)N(CCc1ccc(Cl)cc1)C(=O)CCl. The topological polar surface area (TPSA) is 49.4 Å². The second-order valence-corrected chi connectivity index (χ2v) is 8.68. The summed E-state index contributed by atoms with van der Waals surface area (Å²) in [5.41, 5.74) is 1.74. The maximum Gasteiger partial charge on any atom is 0.247 e. The van der Waals surface area contributed by atoms with Gasteiger partial charge < -0.3 is 10.2 Å². The number of nitrogens with zero attached hydrogens (tertiary/aromatic N) is 1. The summed E-state index contributed by atoms with van der Waals surface area (Å²) in [6, 6.07) is 13.9. The molecule has 1 saturated carbocycles. The third kappa shape index (κ3) is 6.13. The lowest BCUT2D eigenvalue weighted by atomic mass is 10.0. The smallest absolute Gasteiger partial charge is 0.247 e. The lowest BCUT2D eigenvalue weighted by molar-refractivity contribution is -0.139. The molecule has 4 nitrogen and oxygen atoms in total. The Morgan fingerprint density at radius 1 is 0.967 bits per heavy atom. The fraction of sp³-hybridized carbons (Fsp3) is 0.391. The minimum atomic E-state index is -0.763. The fourth-order valence-corrected chi connectivity index (χ4v) is 4.25. The van der Waals surface area contributed by atoms with Crippen molar-refractivity contribution >= 4 is 46.6 Å². The van der Waals surface area contributed by atoms with Crippen molar-refractivity contribution in [1.29, 1.82) is 0 Å². The van der Waals surface area contributed by atoms with E-state index in [9.17, 15) is 9.59 Å². The molecule has 0 saturated heterocycles. The van der Waals surface area contributed by atoms with Crippen molar-refractivity contribution in [2.45, 2.75) is 44.2 Å². The molecule has 0 bridgehead atoms. The number of hydrogen-bond donors (Lipinski definition) is 1. The van der Waals surface area contributed by atoms with Gasteiger partial charge in [-0.3, -0.25) is 9.59 Å². The maximum atomic E-state index is 13.3. The van der Waals surface area contributed by atoms with Crippen LogP contribution in [0.5, 0.6) is 0 Å². The second-order valence-electron chi connectivity index (χ2n) is 7.54. The Balaban J connectivity index is 1.86. The third-order valence-electron chi connectivity index (χ3n) is 5.44. The summed E-state index contributed by atoms with van der Waals surface area (Å²) >= 11 is 17.9. The molecule has 0 aromatic heterocycles. The van der Waals surface area contributed by atoms with Crippen LogP contribution in [-0.2, 0) is 16.0 Å². The number of hydrogen-bond acceptors (Lipinski definition) is 2. The van der Waals surface area contributed by atoms with Crippen LogP contribution in [-0.4, -0.2) is 35.2 Å². The van der Waals surface area contributed by atoms with E-state index in [2.05, 4.69) is 5.32 Å². The fourth-order valence-electron chi connectivity index (χ4n) is 3.84. The molecule has 7 heteroatoms. The molecular formula is C23H25Cl3N2O2. The van der Waals surface area contributed by atoms with Crippen LogP contribution in [0, 0.1) is 0 Å². The summed E-state index contributed by atoms with van der Waals surface area (Å²) in [7, 11) is 0. The van der Waals surface area contributed by atoms with E-state index in [-0.39, 0.29) is 23.7 Å². The van der Waals surface area contributed by atoms with Gasteiger partial charge in [0.25, 0.3) is 0 Å². The largest absolute Gasteiger partial charge is 0.351 e. The number of alkyl halides is 1. The number of rotatable bonds is 8. The van der Waals surface area contributed by atoms with Crippen molar-refractivity contribution in [3.05, 3.63) is 69.7 Å². The standard InChI is InChI=1S/C23H25Cl3N2O2/c24-15-21(29)28(14-13-16-5-9-18(25)10-6-16)22(17-7-11-19(26)12-8-17)23(30)27-20-3-1-2-4-20/h5-12,20,22H,1-4,13-15H2,(H,27,30)/t22-/m1/s1. The van der Waals surface area contributed by atoms with Crippen molar-refractivity contribution in [2.75, 3.05) is 12.4 Å². The molecule has 1 atom stereocenters. The van der Waals surface area contributed by atoms with Gasteiger partial charge in [-0.25, -0.2) is 0 Å². The second kappa shape index (κ2) is 11.0. The Kier molecular flexibility index (Phi) is 8.43. The van der Waals surface area contributed by atoms with Gasteiger partial charge in [0.2, 0.25) is 11.8 Å². The summed E-state index contributed by atoms with van der Waals surface area (Å²) in [5.74, 6) is -0.660. The summed E-state index contributed by atoms with van der Waals surface area (Å²) < 4.78 is 0. The van der Waals surface area contributed by atoms with Gasteiger partial charge in [-0.1, -0.05) is 60.3 Å². The Morgan fingerprint density at radius 2 is 1.53 bits per heavy atom. The molecule has 0 radical (unpaired) electrons. The number of nitrogens with one attached hydrogen (secondary N) is 1. The number of benzene rings is 2. The highest BCUT2D eigenvalue weighted by atomic mass is 35.5.